The van der Waals surface area contributed by atoms with Gasteiger partial charge in [-0.2, -0.15) is 0 Å². The zero-order valence-electron chi connectivity index (χ0n) is 12.1. The highest BCUT2D eigenvalue weighted by molar-refractivity contribution is 6.01. The molecule has 0 aliphatic heterocycles. The highest BCUT2D eigenvalue weighted by Gasteiger charge is 2.43. The Kier molecular flexibility index (Phi) is 4.23. The van der Waals surface area contributed by atoms with E-state index >= 15 is 0 Å². The third-order valence-electron chi connectivity index (χ3n) is 4.05. The third kappa shape index (κ3) is 2.80. The van der Waals surface area contributed by atoms with Gasteiger partial charge in [-0.25, -0.2) is 4.98 Å². The Labute approximate surface area is 115 Å². The Hall–Kier alpha value is -1.38. The summed E-state index contributed by atoms with van der Waals surface area (Å²) < 4.78 is 5.29. The number of pyridine rings is 1. The molecule has 1 aromatic rings. The lowest BCUT2D eigenvalue weighted by molar-refractivity contribution is 0.0750. The maximum absolute atomic E-state index is 12.9. The Morgan fingerprint density at radius 1 is 1.42 bits per heavy atom. The number of hydrogen-bond donors (Lipinski definition) is 0. The second kappa shape index (κ2) is 5.72. The largest absolute Gasteiger partial charge is 0.494 e. The van der Waals surface area contributed by atoms with Crippen molar-refractivity contribution < 1.29 is 9.53 Å². The molecule has 1 aromatic heterocycles. The number of carbonyl (C=O) groups excluding carboxylic acids is 1. The second-order valence-electron chi connectivity index (χ2n) is 5.97. The fourth-order valence-corrected chi connectivity index (χ4v) is 3.33. The molecule has 0 aromatic carbocycles. The highest BCUT2D eigenvalue weighted by atomic mass is 16.5. The summed E-state index contributed by atoms with van der Waals surface area (Å²) in [6.07, 6.45) is 6.90. The summed E-state index contributed by atoms with van der Waals surface area (Å²) in [5.41, 5.74) is 0.294. The van der Waals surface area contributed by atoms with Crippen LogP contribution in [0.15, 0.2) is 18.3 Å². The van der Waals surface area contributed by atoms with Gasteiger partial charge in [0, 0.05) is 11.6 Å². The Morgan fingerprint density at radius 2 is 2.11 bits per heavy atom. The van der Waals surface area contributed by atoms with E-state index in [1.807, 2.05) is 6.07 Å². The fourth-order valence-electron chi connectivity index (χ4n) is 3.33. The zero-order valence-corrected chi connectivity index (χ0v) is 12.1. The molecule has 0 amide bonds. The number of ketones is 1. The monoisotopic (exact) mass is 261 g/mol. The van der Waals surface area contributed by atoms with Gasteiger partial charge in [-0.15, -0.1) is 0 Å². The molecule has 0 saturated heterocycles. The molecule has 0 spiro atoms. The van der Waals surface area contributed by atoms with E-state index in [1.54, 1.807) is 19.4 Å². The molecule has 0 unspecified atom stereocenters. The van der Waals surface area contributed by atoms with Gasteiger partial charge in [0.15, 0.2) is 5.78 Å². The van der Waals surface area contributed by atoms with Crippen molar-refractivity contribution in [3.63, 3.8) is 0 Å². The lowest BCUT2D eigenvalue weighted by Gasteiger charge is -2.29. The van der Waals surface area contributed by atoms with E-state index in [4.69, 9.17) is 4.74 Å². The van der Waals surface area contributed by atoms with Gasteiger partial charge in [0.1, 0.15) is 11.4 Å². The zero-order chi connectivity index (χ0) is 13.9. The predicted molar refractivity (Wildman–Crippen MR) is 75.5 cm³/mol. The van der Waals surface area contributed by atoms with Crippen molar-refractivity contribution in [2.75, 3.05) is 7.11 Å². The lowest BCUT2D eigenvalue weighted by atomic mass is 9.74. The van der Waals surface area contributed by atoms with Crippen LogP contribution in [0.5, 0.6) is 5.75 Å². The summed E-state index contributed by atoms with van der Waals surface area (Å²) in [6.45, 7) is 4.37. The molecule has 2 rings (SSSR count). The minimum atomic E-state index is -0.212. The molecule has 1 saturated carbocycles. The molecule has 1 fully saturated rings. The number of ether oxygens (including phenoxy) is 1. The molecule has 3 nitrogen and oxygen atoms in total. The van der Waals surface area contributed by atoms with Gasteiger partial charge >= 0.3 is 0 Å². The highest BCUT2D eigenvalue weighted by Crippen LogP contribution is 2.46. The van der Waals surface area contributed by atoms with Crippen LogP contribution in [0.4, 0.5) is 0 Å². The van der Waals surface area contributed by atoms with Crippen LogP contribution < -0.4 is 4.74 Å². The fraction of sp³-hybridized carbons (Fsp3) is 0.625. The first-order valence-electron chi connectivity index (χ1n) is 7.13. The van der Waals surface area contributed by atoms with Gasteiger partial charge in [0.25, 0.3) is 0 Å². The van der Waals surface area contributed by atoms with E-state index in [-0.39, 0.29) is 11.2 Å². The van der Waals surface area contributed by atoms with Crippen LogP contribution in [0, 0.1) is 11.3 Å². The van der Waals surface area contributed by atoms with Crippen LogP contribution in [0.25, 0.3) is 0 Å². The molecule has 0 bridgehead atoms. The minimum Gasteiger partial charge on any atom is -0.494 e. The van der Waals surface area contributed by atoms with Gasteiger partial charge in [-0.1, -0.05) is 26.7 Å². The van der Waals surface area contributed by atoms with E-state index in [0.29, 0.717) is 17.4 Å². The van der Waals surface area contributed by atoms with E-state index in [0.717, 1.165) is 32.1 Å². The molecule has 1 aliphatic rings. The summed E-state index contributed by atoms with van der Waals surface area (Å²) >= 11 is 0. The van der Waals surface area contributed by atoms with E-state index in [1.165, 1.54) is 0 Å². The normalized spacial score (nSPS) is 17.7. The lowest BCUT2D eigenvalue weighted by Crippen LogP contribution is -2.31. The Balaban J connectivity index is 2.34. The van der Waals surface area contributed by atoms with Crippen LogP contribution in [0.2, 0.25) is 0 Å². The SMILES string of the molecule is COc1cccnc1C(=O)C1(CC(C)C)CCCC1. The molecular formula is C16H23NO2. The summed E-state index contributed by atoms with van der Waals surface area (Å²) in [7, 11) is 1.59. The Bertz CT molecular complexity index is 448. The van der Waals surface area contributed by atoms with Crippen molar-refractivity contribution >= 4 is 5.78 Å². The van der Waals surface area contributed by atoms with Gasteiger partial charge in [0.05, 0.1) is 7.11 Å². The maximum atomic E-state index is 12.9. The average molecular weight is 261 g/mol. The summed E-state index contributed by atoms with van der Waals surface area (Å²) in [6, 6.07) is 3.62. The first kappa shape index (κ1) is 14.0. The molecule has 0 N–H and O–H groups in total. The Morgan fingerprint density at radius 3 is 2.68 bits per heavy atom. The molecule has 0 radical (unpaired) electrons. The van der Waals surface area contributed by atoms with Crippen molar-refractivity contribution in [3.05, 3.63) is 24.0 Å². The van der Waals surface area contributed by atoms with E-state index in [2.05, 4.69) is 18.8 Å². The number of rotatable bonds is 5. The topological polar surface area (TPSA) is 39.2 Å². The summed E-state index contributed by atoms with van der Waals surface area (Å²) in [4.78, 5) is 17.2. The number of Topliss-reactive ketones (excluding diaryl/α,β-unsaturated/α-hetero) is 1. The third-order valence-corrected chi connectivity index (χ3v) is 4.05. The number of carbonyl (C=O) groups is 1. The molecule has 19 heavy (non-hydrogen) atoms. The number of methoxy groups -OCH3 is 1. The van der Waals surface area contributed by atoms with E-state index in [9.17, 15) is 4.79 Å². The van der Waals surface area contributed by atoms with Crippen molar-refractivity contribution in [1.82, 2.24) is 4.98 Å². The van der Waals surface area contributed by atoms with Crippen molar-refractivity contribution in [1.29, 1.82) is 0 Å². The molecule has 104 valence electrons. The number of hydrogen-bond acceptors (Lipinski definition) is 3. The first-order chi connectivity index (χ1) is 9.09. The maximum Gasteiger partial charge on any atom is 0.191 e. The van der Waals surface area contributed by atoms with Crippen LogP contribution in [-0.4, -0.2) is 17.9 Å². The average Bonchev–Trinajstić information content (AvgIpc) is 2.86. The van der Waals surface area contributed by atoms with Crippen molar-refractivity contribution in [3.8, 4) is 5.75 Å². The number of nitrogens with zero attached hydrogens (tertiary/aromatic N) is 1. The molecule has 3 heteroatoms. The molecule has 0 atom stereocenters. The summed E-state index contributed by atoms with van der Waals surface area (Å²) in [5, 5.41) is 0. The van der Waals surface area contributed by atoms with Gasteiger partial charge in [-0.3, -0.25) is 4.79 Å². The quantitative estimate of drug-likeness (QED) is 0.755. The molecule has 1 aliphatic carbocycles. The van der Waals surface area contributed by atoms with E-state index < -0.39 is 0 Å². The first-order valence-corrected chi connectivity index (χ1v) is 7.13. The van der Waals surface area contributed by atoms with Gasteiger partial charge < -0.3 is 4.74 Å². The van der Waals surface area contributed by atoms with Crippen LogP contribution in [0.3, 0.4) is 0 Å². The second-order valence-corrected chi connectivity index (χ2v) is 5.97. The van der Waals surface area contributed by atoms with Crippen LogP contribution in [0.1, 0.15) is 56.4 Å². The molecular weight excluding hydrogens is 238 g/mol. The van der Waals surface area contributed by atoms with Gasteiger partial charge in [0.2, 0.25) is 0 Å². The standard InChI is InChI=1S/C16H23NO2/c1-12(2)11-16(8-4-5-9-16)15(18)14-13(19-3)7-6-10-17-14/h6-7,10,12H,4-5,8-9,11H2,1-3H3. The molecule has 1 heterocycles. The number of aromatic nitrogens is 1. The van der Waals surface area contributed by atoms with Crippen molar-refractivity contribution in [2.24, 2.45) is 11.3 Å². The minimum absolute atomic E-state index is 0.177. The van der Waals surface area contributed by atoms with Gasteiger partial charge in [-0.05, 0) is 37.3 Å². The van der Waals surface area contributed by atoms with Crippen molar-refractivity contribution in [2.45, 2.75) is 46.0 Å². The van der Waals surface area contributed by atoms with Crippen LogP contribution >= 0.6 is 0 Å². The summed E-state index contributed by atoms with van der Waals surface area (Å²) in [5.74, 6) is 1.30. The smallest absolute Gasteiger partial charge is 0.191 e. The predicted octanol–water partition coefficient (Wildman–Crippen LogP) is 3.88. The van der Waals surface area contributed by atoms with Crippen LogP contribution in [-0.2, 0) is 0 Å².